The molecule has 16 heavy (non-hydrogen) atoms. The molecular formula is C11H18N2O2S. The van der Waals surface area contributed by atoms with E-state index in [1.807, 2.05) is 32.9 Å². The van der Waals surface area contributed by atoms with E-state index in [-0.39, 0.29) is 11.8 Å². The lowest BCUT2D eigenvalue weighted by Crippen LogP contribution is -2.25. The number of sulfone groups is 1. The van der Waals surface area contributed by atoms with Crippen LogP contribution >= 0.6 is 0 Å². The van der Waals surface area contributed by atoms with Crippen LogP contribution < -0.4 is 5.32 Å². The van der Waals surface area contributed by atoms with Crippen molar-refractivity contribution < 1.29 is 8.42 Å². The van der Waals surface area contributed by atoms with Gasteiger partial charge >= 0.3 is 0 Å². The number of aryl methyl sites for hydroxylation is 2. The van der Waals surface area contributed by atoms with E-state index in [2.05, 4.69) is 10.3 Å². The summed E-state index contributed by atoms with van der Waals surface area (Å²) in [6.07, 6.45) is 1.24. The monoisotopic (exact) mass is 242 g/mol. The number of nitrogens with zero attached hydrogens (tertiary/aromatic N) is 1. The zero-order chi connectivity index (χ0) is 12.3. The fourth-order valence-electron chi connectivity index (χ4n) is 1.60. The van der Waals surface area contributed by atoms with Gasteiger partial charge in [0.15, 0.2) is 0 Å². The Balaban J connectivity index is 2.73. The Morgan fingerprint density at radius 3 is 2.50 bits per heavy atom. The van der Waals surface area contributed by atoms with Crippen LogP contribution in [0, 0.1) is 13.8 Å². The van der Waals surface area contributed by atoms with Crippen LogP contribution in [-0.2, 0) is 9.84 Å². The van der Waals surface area contributed by atoms with Crippen molar-refractivity contribution in [3.05, 3.63) is 23.5 Å². The molecule has 4 nitrogen and oxygen atoms in total. The predicted molar refractivity (Wildman–Crippen MR) is 66.5 cm³/mol. The van der Waals surface area contributed by atoms with Crippen molar-refractivity contribution in [1.82, 2.24) is 4.98 Å². The second-order valence-corrected chi connectivity index (χ2v) is 6.41. The first-order valence-electron chi connectivity index (χ1n) is 5.16. The lowest BCUT2D eigenvalue weighted by atomic mass is 10.2. The van der Waals surface area contributed by atoms with Crippen molar-refractivity contribution in [3.8, 4) is 0 Å². The first-order chi connectivity index (χ1) is 7.28. The number of rotatable bonds is 4. The molecule has 1 atom stereocenters. The molecular weight excluding hydrogens is 224 g/mol. The molecule has 0 saturated carbocycles. The fraction of sp³-hybridized carbons (Fsp3) is 0.545. The summed E-state index contributed by atoms with van der Waals surface area (Å²) in [5.41, 5.74) is 2.74. The van der Waals surface area contributed by atoms with E-state index < -0.39 is 9.84 Å². The molecule has 0 amide bonds. The molecule has 0 fully saturated rings. The zero-order valence-corrected chi connectivity index (χ0v) is 10.9. The summed E-state index contributed by atoms with van der Waals surface area (Å²) in [7, 11) is -2.95. The van der Waals surface area contributed by atoms with Crippen molar-refractivity contribution in [2.24, 2.45) is 0 Å². The van der Waals surface area contributed by atoms with E-state index in [0.29, 0.717) is 0 Å². The Morgan fingerprint density at radius 1 is 1.38 bits per heavy atom. The van der Waals surface area contributed by atoms with Gasteiger partial charge in [-0.15, -0.1) is 0 Å². The summed E-state index contributed by atoms with van der Waals surface area (Å²) in [5, 5.41) is 3.15. The highest BCUT2D eigenvalue weighted by Gasteiger charge is 2.11. The average molecular weight is 242 g/mol. The highest BCUT2D eigenvalue weighted by atomic mass is 32.2. The molecule has 0 bridgehead atoms. The fourth-order valence-corrected chi connectivity index (χ4v) is 2.59. The third kappa shape index (κ3) is 4.18. The van der Waals surface area contributed by atoms with E-state index in [1.165, 1.54) is 6.26 Å². The summed E-state index contributed by atoms with van der Waals surface area (Å²) in [4.78, 5) is 4.31. The first-order valence-corrected chi connectivity index (χ1v) is 7.22. The van der Waals surface area contributed by atoms with Gasteiger partial charge in [-0.05, 0) is 32.9 Å². The van der Waals surface area contributed by atoms with Crippen LogP contribution in [0.15, 0.2) is 12.1 Å². The van der Waals surface area contributed by atoms with Crippen LogP contribution in [0.25, 0.3) is 0 Å². The van der Waals surface area contributed by atoms with Crippen LogP contribution in [0.5, 0.6) is 0 Å². The molecule has 1 N–H and O–H groups in total. The van der Waals surface area contributed by atoms with E-state index in [9.17, 15) is 8.42 Å². The summed E-state index contributed by atoms with van der Waals surface area (Å²) in [6, 6.07) is 3.72. The number of pyridine rings is 1. The van der Waals surface area contributed by atoms with Crippen molar-refractivity contribution >= 4 is 15.5 Å². The van der Waals surface area contributed by atoms with E-state index in [1.54, 1.807) is 0 Å². The lowest BCUT2D eigenvalue weighted by molar-refractivity contribution is 0.598. The van der Waals surface area contributed by atoms with Crippen molar-refractivity contribution in [3.63, 3.8) is 0 Å². The molecule has 1 heterocycles. The van der Waals surface area contributed by atoms with Gasteiger partial charge in [0.05, 0.1) is 17.1 Å². The molecule has 0 saturated heterocycles. The number of hydrogen-bond acceptors (Lipinski definition) is 4. The van der Waals surface area contributed by atoms with Gasteiger partial charge in [-0.2, -0.15) is 0 Å². The first kappa shape index (κ1) is 13.0. The topological polar surface area (TPSA) is 59.1 Å². The molecule has 1 aromatic heterocycles. The summed E-state index contributed by atoms with van der Waals surface area (Å²) in [6.45, 7) is 5.68. The molecule has 0 radical (unpaired) electrons. The van der Waals surface area contributed by atoms with Crippen molar-refractivity contribution in [2.45, 2.75) is 26.8 Å². The molecule has 0 aliphatic heterocycles. The standard InChI is InChI=1S/C11H18N2O2S/c1-8-5-6-11(10(3)12-8)13-9(2)7-16(4,14)15/h5-6,9,13H,7H2,1-4H3. The van der Waals surface area contributed by atoms with Crippen molar-refractivity contribution in [2.75, 3.05) is 17.3 Å². The van der Waals surface area contributed by atoms with Gasteiger partial charge in [0.2, 0.25) is 0 Å². The van der Waals surface area contributed by atoms with Gasteiger partial charge in [-0.3, -0.25) is 4.98 Å². The Labute approximate surface area is 97.0 Å². The van der Waals surface area contributed by atoms with E-state index in [0.717, 1.165) is 17.1 Å². The molecule has 0 spiro atoms. The Hall–Kier alpha value is -1.10. The molecule has 0 aliphatic rings. The summed E-state index contributed by atoms with van der Waals surface area (Å²) in [5.74, 6) is 0.125. The minimum atomic E-state index is -2.95. The number of aromatic nitrogens is 1. The quantitative estimate of drug-likeness (QED) is 0.870. The Bertz CT molecular complexity index is 469. The molecule has 1 aromatic rings. The van der Waals surface area contributed by atoms with E-state index >= 15 is 0 Å². The van der Waals surface area contributed by atoms with Gasteiger partial charge < -0.3 is 5.32 Å². The van der Waals surface area contributed by atoms with Gasteiger partial charge in [-0.1, -0.05) is 0 Å². The number of anilines is 1. The molecule has 0 aromatic carbocycles. The van der Waals surface area contributed by atoms with Gasteiger partial charge in [0, 0.05) is 18.0 Å². The molecule has 1 rings (SSSR count). The van der Waals surface area contributed by atoms with E-state index in [4.69, 9.17) is 0 Å². The maximum absolute atomic E-state index is 11.1. The lowest BCUT2D eigenvalue weighted by Gasteiger charge is -2.15. The normalized spacial score (nSPS) is 13.5. The van der Waals surface area contributed by atoms with Gasteiger partial charge in [0.25, 0.3) is 0 Å². The molecule has 5 heteroatoms. The van der Waals surface area contributed by atoms with Gasteiger partial charge in [-0.25, -0.2) is 8.42 Å². The van der Waals surface area contributed by atoms with Crippen LogP contribution in [0.1, 0.15) is 18.3 Å². The van der Waals surface area contributed by atoms with Crippen LogP contribution in [-0.4, -0.2) is 31.5 Å². The third-order valence-corrected chi connectivity index (χ3v) is 3.29. The van der Waals surface area contributed by atoms with Crippen LogP contribution in [0.2, 0.25) is 0 Å². The van der Waals surface area contributed by atoms with Gasteiger partial charge in [0.1, 0.15) is 9.84 Å². The molecule has 0 aliphatic carbocycles. The highest BCUT2D eigenvalue weighted by molar-refractivity contribution is 7.90. The predicted octanol–water partition coefficient (Wildman–Crippen LogP) is 1.54. The number of nitrogens with one attached hydrogen (secondary N) is 1. The van der Waals surface area contributed by atoms with Crippen LogP contribution in [0.4, 0.5) is 5.69 Å². The molecule has 90 valence electrons. The van der Waals surface area contributed by atoms with Crippen molar-refractivity contribution in [1.29, 1.82) is 0 Å². The summed E-state index contributed by atoms with van der Waals surface area (Å²) < 4.78 is 22.2. The molecule has 1 unspecified atom stereocenters. The largest absolute Gasteiger partial charge is 0.380 e. The zero-order valence-electron chi connectivity index (χ0n) is 10.1. The second kappa shape index (κ2) is 4.82. The minimum Gasteiger partial charge on any atom is -0.380 e. The highest BCUT2D eigenvalue weighted by Crippen LogP contribution is 2.14. The summed E-state index contributed by atoms with van der Waals surface area (Å²) >= 11 is 0. The maximum atomic E-state index is 11.1. The SMILES string of the molecule is Cc1ccc(NC(C)CS(C)(=O)=O)c(C)n1. The number of hydrogen-bond donors (Lipinski definition) is 1. The van der Waals surface area contributed by atoms with Crippen LogP contribution in [0.3, 0.4) is 0 Å². The minimum absolute atomic E-state index is 0.113. The average Bonchev–Trinajstić information content (AvgIpc) is 2.06. The second-order valence-electron chi connectivity index (χ2n) is 4.22. The smallest absolute Gasteiger partial charge is 0.149 e. The Kier molecular flexibility index (Phi) is 3.91. The Morgan fingerprint density at radius 2 is 2.00 bits per heavy atom. The third-order valence-electron chi connectivity index (χ3n) is 2.18. The maximum Gasteiger partial charge on any atom is 0.149 e.